The predicted molar refractivity (Wildman–Crippen MR) is 56.7 cm³/mol. The monoisotopic (exact) mass is 218 g/mol. The van der Waals surface area contributed by atoms with Gasteiger partial charge in [0.1, 0.15) is 0 Å². The fourth-order valence-electron chi connectivity index (χ4n) is 3.17. The molecule has 3 aliphatic carbocycles. The molecule has 0 radical (unpaired) electrons. The maximum atomic E-state index is 5.90. The van der Waals surface area contributed by atoms with Gasteiger partial charge < -0.3 is 9.47 Å². The lowest BCUT2D eigenvalue weighted by Gasteiger charge is -2.71. The van der Waals surface area contributed by atoms with Gasteiger partial charge in [0.05, 0.1) is 13.2 Å². The van der Waals surface area contributed by atoms with Crippen LogP contribution in [-0.2, 0) is 9.47 Å². The van der Waals surface area contributed by atoms with Gasteiger partial charge in [0, 0.05) is 19.6 Å². The van der Waals surface area contributed by atoms with Gasteiger partial charge in [0.25, 0.3) is 0 Å². The van der Waals surface area contributed by atoms with E-state index in [9.17, 15) is 0 Å². The molecule has 0 heterocycles. The minimum Gasteiger partial charge on any atom is -0.382 e. The molecule has 3 fully saturated rings. The van der Waals surface area contributed by atoms with Crippen LogP contribution in [-0.4, -0.2) is 32.8 Å². The maximum absolute atomic E-state index is 5.90. The average Bonchev–Trinajstić information content (AvgIpc) is 2.06. The molecule has 0 aromatic heterocycles. The highest BCUT2D eigenvalue weighted by molar-refractivity contribution is 6.18. The summed E-state index contributed by atoms with van der Waals surface area (Å²) < 4.78 is 10.4. The number of rotatable bonds is 7. The normalized spacial score (nSPS) is 39.0. The number of alkyl halides is 1. The molecule has 0 N–H and O–H groups in total. The lowest BCUT2D eigenvalue weighted by molar-refractivity contribution is -0.198. The van der Waals surface area contributed by atoms with Crippen LogP contribution in [0.2, 0.25) is 0 Å². The van der Waals surface area contributed by atoms with Crippen LogP contribution in [0.4, 0.5) is 0 Å². The van der Waals surface area contributed by atoms with Gasteiger partial charge in [0.15, 0.2) is 0 Å². The predicted octanol–water partition coefficient (Wildman–Crippen LogP) is 2.45. The molecule has 3 rings (SSSR count). The second-order valence-electron chi connectivity index (χ2n) is 5.02. The van der Waals surface area contributed by atoms with Gasteiger partial charge in [-0.2, -0.15) is 0 Å². The third-order valence-corrected chi connectivity index (χ3v) is 4.31. The first kappa shape index (κ1) is 10.7. The summed E-state index contributed by atoms with van der Waals surface area (Å²) in [6, 6.07) is 0. The van der Waals surface area contributed by atoms with Gasteiger partial charge in [-0.25, -0.2) is 0 Å². The Hall–Kier alpha value is 0.210. The molecule has 0 aromatic carbocycles. The van der Waals surface area contributed by atoms with Crippen LogP contribution < -0.4 is 0 Å². The Morgan fingerprint density at radius 3 is 2.36 bits per heavy atom. The molecule has 0 saturated heterocycles. The average molecular weight is 219 g/mol. The summed E-state index contributed by atoms with van der Waals surface area (Å²) in [4.78, 5) is 0. The first-order chi connectivity index (χ1) is 6.74. The van der Waals surface area contributed by atoms with E-state index in [-0.39, 0.29) is 0 Å². The molecule has 3 saturated carbocycles. The van der Waals surface area contributed by atoms with Gasteiger partial charge in [-0.3, -0.25) is 0 Å². The van der Waals surface area contributed by atoms with Crippen molar-refractivity contribution in [3.05, 3.63) is 0 Å². The van der Waals surface area contributed by atoms with Crippen LogP contribution in [0.25, 0.3) is 0 Å². The Morgan fingerprint density at radius 1 is 1.07 bits per heavy atom. The zero-order valence-corrected chi connectivity index (χ0v) is 9.61. The zero-order valence-electron chi connectivity index (χ0n) is 8.85. The van der Waals surface area contributed by atoms with Crippen molar-refractivity contribution >= 4 is 11.6 Å². The Bertz CT molecular complexity index is 186. The van der Waals surface area contributed by atoms with Crippen molar-refractivity contribution in [1.82, 2.24) is 0 Å². The molecule has 14 heavy (non-hydrogen) atoms. The summed E-state index contributed by atoms with van der Waals surface area (Å²) in [6.07, 6.45) is 5.25. The van der Waals surface area contributed by atoms with E-state index >= 15 is 0 Å². The summed E-state index contributed by atoms with van der Waals surface area (Å²) in [7, 11) is 1.70. The van der Waals surface area contributed by atoms with Gasteiger partial charge >= 0.3 is 0 Å². The van der Waals surface area contributed by atoms with Crippen molar-refractivity contribution < 1.29 is 9.47 Å². The van der Waals surface area contributed by atoms with E-state index in [1.807, 2.05) is 0 Å². The largest absolute Gasteiger partial charge is 0.382 e. The molecule has 82 valence electrons. The third kappa shape index (κ3) is 1.80. The van der Waals surface area contributed by atoms with Crippen molar-refractivity contribution in [1.29, 1.82) is 0 Å². The van der Waals surface area contributed by atoms with E-state index in [1.54, 1.807) is 7.11 Å². The zero-order chi connectivity index (χ0) is 10.1. The number of hydrogen-bond donors (Lipinski definition) is 0. The van der Waals surface area contributed by atoms with Crippen molar-refractivity contribution in [2.24, 2.45) is 10.8 Å². The number of halogens is 1. The Kier molecular flexibility index (Phi) is 3.06. The van der Waals surface area contributed by atoms with E-state index in [2.05, 4.69) is 0 Å². The molecule has 3 heteroatoms. The smallest absolute Gasteiger partial charge is 0.0700 e. The van der Waals surface area contributed by atoms with Gasteiger partial charge in [0.2, 0.25) is 0 Å². The van der Waals surface area contributed by atoms with Crippen molar-refractivity contribution in [2.45, 2.75) is 25.7 Å². The quantitative estimate of drug-likeness (QED) is 0.483. The molecule has 0 aromatic rings. The highest BCUT2D eigenvalue weighted by Crippen LogP contribution is 2.75. The summed E-state index contributed by atoms with van der Waals surface area (Å²) >= 11 is 5.90. The van der Waals surface area contributed by atoms with E-state index in [0.29, 0.717) is 17.4 Å². The van der Waals surface area contributed by atoms with Crippen molar-refractivity contribution in [2.75, 3.05) is 32.8 Å². The number of hydrogen-bond acceptors (Lipinski definition) is 2. The van der Waals surface area contributed by atoms with E-state index < -0.39 is 0 Å². The highest BCUT2D eigenvalue weighted by Gasteiger charge is 2.66. The molecule has 0 unspecified atom stereocenters. The lowest BCUT2D eigenvalue weighted by Crippen LogP contribution is -2.62. The van der Waals surface area contributed by atoms with Crippen LogP contribution in [0, 0.1) is 10.8 Å². The lowest BCUT2D eigenvalue weighted by atomic mass is 9.35. The fourth-order valence-corrected chi connectivity index (χ4v) is 3.45. The van der Waals surface area contributed by atoms with Gasteiger partial charge in [-0.05, 0) is 36.5 Å². The summed E-state index contributed by atoms with van der Waals surface area (Å²) in [5, 5.41) is 0. The van der Waals surface area contributed by atoms with Crippen LogP contribution in [0.1, 0.15) is 25.7 Å². The summed E-state index contributed by atoms with van der Waals surface area (Å²) in [6.45, 7) is 2.33. The molecular formula is C11H19ClO2. The van der Waals surface area contributed by atoms with Crippen LogP contribution in [0.15, 0.2) is 0 Å². The van der Waals surface area contributed by atoms with Crippen LogP contribution in [0.5, 0.6) is 0 Å². The fraction of sp³-hybridized carbons (Fsp3) is 1.00. The maximum Gasteiger partial charge on any atom is 0.0700 e. The standard InChI is InChI=1S/C11H19ClO2/c1-13-4-5-14-3-2-10-6-11(7-10,8-10)9-12/h2-9H2,1H3. The van der Waals surface area contributed by atoms with E-state index in [1.165, 1.54) is 25.7 Å². The second kappa shape index (κ2) is 3.99. The van der Waals surface area contributed by atoms with E-state index in [4.69, 9.17) is 21.1 Å². The minimum absolute atomic E-state index is 0.550. The Labute approximate surface area is 90.9 Å². The first-order valence-electron chi connectivity index (χ1n) is 5.37. The first-order valence-corrected chi connectivity index (χ1v) is 5.90. The molecule has 3 aliphatic rings. The molecule has 0 atom stereocenters. The molecule has 0 spiro atoms. The molecule has 2 bridgehead atoms. The van der Waals surface area contributed by atoms with Crippen LogP contribution in [0.3, 0.4) is 0 Å². The molecule has 2 nitrogen and oxygen atoms in total. The van der Waals surface area contributed by atoms with Crippen molar-refractivity contribution in [3.8, 4) is 0 Å². The topological polar surface area (TPSA) is 18.5 Å². The molecule has 0 amide bonds. The highest BCUT2D eigenvalue weighted by atomic mass is 35.5. The summed E-state index contributed by atoms with van der Waals surface area (Å²) in [5.74, 6) is 0.860. The van der Waals surface area contributed by atoms with Gasteiger partial charge in [-0.1, -0.05) is 0 Å². The second-order valence-corrected chi connectivity index (χ2v) is 5.29. The van der Waals surface area contributed by atoms with E-state index in [0.717, 1.165) is 19.1 Å². The third-order valence-electron chi connectivity index (χ3n) is 3.74. The Balaban J connectivity index is 1.53. The summed E-state index contributed by atoms with van der Waals surface area (Å²) in [5.41, 5.74) is 1.18. The SMILES string of the molecule is COCCOCCC12CC(CCl)(C1)C2. The molecule has 0 aliphatic heterocycles. The van der Waals surface area contributed by atoms with Crippen LogP contribution >= 0.6 is 11.6 Å². The minimum atomic E-state index is 0.550. The van der Waals surface area contributed by atoms with Gasteiger partial charge in [-0.15, -0.1) is 11.6 Å². The molecular weight excluding hydrogens is 200 g/mol. The number of methoxy groups -OCH3 is 1. The Morgan fingerprint density at radius 2 is 1.79 bits per heavy atom. The number of ether oxygens (including phenoxy) is 2. The van der Waals surface area contributed by atoms with Crippen molar-refractivity contribution in [3.63, 3.8) is 0 Å².